The number of amides is 1. The number of nitrogens with one attached hydrogen (secondary N) is 1. The molecule has 1 heterocycles. The maximum atomic E-state index is 11.5. The third-order valence-electron chi connectivity index (χ3n) is 2.00. The summed E-state index contributed by atoms with van der Waals surface area (Å²) in [5, 5.41) is 2.79. The maximum Gasteiger partial charge on any atom is 0.249 e. The van der Waals surface area contributed by atoms with Crippen molar-refractivity contribution in [2.24, 2.45) is 0 Å². The van der Waals surface area contributed by atoms with Gasteiger partial charge in [-0.05, 0) is 31.5 Å². The van der Waals surface area contributed by atoms with Crippen LogP contribution in [0.2, 0.25) is 0 Å². The molecule has 0 saturated carbocycles. The van der Waals surface area contributed by atoms with Crippen molar-refractivity contribution in [1.29, 1.82) is 0 Å². The number of aromatic nitrogens is 1. The second kappa shape index (κ2) is 6.14. The molecule has 1 aromatic heterocycles. The molecule has 0 aliphatic carbocycles. The highest BCUT2D eigenvalue weighted by Crippen LogP contribution is 1.96. The Labute approximate surface area is 89.7 Å². The van der Waals surface area contributed by atoms with Crippen molar-refractivity contribution in [1.82, 2.24) is 10.3 Å². The minimum atomic E-state index is -0.392. The van der Waals surface area contributed by atoms with Crippen LogP contribution in [0.25, 0.3) is 0 Å². The summed E-state index contributed by atoms with van der Waals surface area (Å²) in [6, 6.07) is 3.73. The molecule has 0 aromatic carbocycles. The molecule has 1 amide bonds. The summed E-state index contributed by atoms with van der Waals surface area (Å²) in [4.78, 5) is 15.4. The van der Waals surface area contributed by atoms with Crippen LogP contribution in [0.4, 0.5) is 0 Å². The number of pyridine rings is 1. The summed E-state index contributed by atoms with van der Waals surface area (Å²) < 4.78 is 5.17. The van der Waals surface area contributed by atoms with Crippen molar-refractivity contribution in [2.45, 2.75) is 26.5 Å². The van der Waals surface area contributed by atoms with E-state index in [4.69, 9.17) is 4.74 Å². The van der Waals surface area contributed by atoms with Crippen LogP contribution in [0.3, 0.4) is 0 Å². The number of rotatable bonds is 5. The van der Waals surface area contributed by atoms with Crippen LogP contribution < -0.4 is 5.32 Å². The number of hydrogen-bond acceptors (Lipinski definition) is 3. The fourth-order valence-corrected chi connectivity index (χ4v) is 1.16. The van der Waals surface area contributed by atoms with E-state index in [2.05, 4.69) is 10.3 Å². The van der Waals surface area contributed by atoms with Crippen molar-refractivity contribution in [2.75, 3.05) is 6.61 Å². The van der Waals surface area contributed by atoms with Crippen molar-refractivity contribution >= 4 is 5.91 Å². The summed E-state index contributed by atoms with van der Waals surface area (Å²) in [7, 11) is 0. The van der Waals surface area contributed by atoms with Crippen LogP contribution in [0, 0.1) is 0 Å². The quantitative estimate of drug-likeness (QED) is 0.789. The van der Waals surface area contributed by atoms with Crippen LogP contribution >= 0.6 is 0 Å². The van der Waals surface area contributed by atoms with Gasteiger partial charge in [-0.1, -0.05) is 0 Å². The van der Waals surface area contributed by atoms with Gasteiger partial charge >= 0.3 is 0 Å². The molecule has 0 bridgehead atoms. The third kappa shape index (κ3) is 4.08. The fourth-order valence-electron chi connectivity index (χ4n) is 1.16. The highest BCUT2D eigenvalue weighted by Gasteiger charge is 2.11. The standard InChI is InChI=1S/C11H16N2O2/c1-3-15-9(2)11(14)13-8-10-4-6-12-7-5-10/h4-7,9H,3,8H2,1-2H3,(H,13,14)/t9-/m1/s1. The van der Waals surface area contributed by atoms with E-state index < -0.39 is 6.10 Å². The molecule has 15 heavy (non-hydrogen) atoms. The summed E-state index contributed by atoms with van der Waals surface area (Å²) in [6.45, 7) is 4.67. The van der Waals surface area contributed by atoms with Crippen LogP contribution in [-0.2, 0) is 16.1 Å². The predicted molar refractivity (Wildman–Crippen MR) is 57.2 cm³/mol. The van der Waals surface area contributed by atoms with E-state index >= 15 is 0 Å². The van der Waals surface area contributed by atoms with Gasteiger partial charge in [0.25, 0.3) is 0 Å². The zero-order valence-electron chi connectivity index (χ0n) is 9.06. The third-order valence-corrected chi connectivity index (χ3v) is 2.00. The highest BCUT2D eigenvalue weighted by molar-refractivity contribution is 5.80. The summed E-state index contributed by atoms with van der Waals surface area (Å²) in [5.41, 5.74) is 1.03. The Morgan fingerprint density at radius 2 is 2.20 bits per heavy atom. The van der Waals surface area contributed by atoms with Gasteiger partial charge in [0.2, 0.25) is 5.91 Å². The molecular formula is C11H16N2O2. The molecule has 0 fully saturated rings. The first-order chi connectivity index (χ1) is 7.24. The Morgan fingerprint density at radius 3 is 2.80 bits per heavy atom. The van der Waals surface area contributed by atoms with Gasteiger partial charge in [-0.2, -0.15) is 0 Å². The Hall–Kier alpha value is -1.42. The van der Waals surface area contributed by atoms with E-state index in [0.29, 0.717) is 13.2 Å². The average molecular weight is 208 g/mol. The Morgan fingerprint density at radius 1 is 1.53 bits per heavy atom. The maximum absolute atomic E-state index is 11.5. The van der Waals surface area contributed by atoms with Crippen LogP contribution in [0.5, 0.6) is 0 Å². The number of hydrogen-bond donors (Lipinski definition) is 1. The molecule has 0 radical (unpaired) electrons. The first-order valence-electron chi connectivity index (χ1n) is 5.02. The lowest BCUT2D eigenvalue weighted by Crippen LogP contribution is -2.34. The molecule has 1 atom stereocenters. The molecule has 82 valence electrons. The summed E-state index contributed by atoms with van der Waals surface area (Å²) >= 11 is 0. The van der Waals surface area contributed by atoms with Gasteiger partial charge in [0, 0.05) is 25.5 Å². The Balaban J connectivity index is 2.34. The van der Waals surface area contributed by atoms with E-state index in [9.17, 15) is 4.79 Å². The second-order valence-electron chi connectivity index (χ2n) is 3.17. The van der Waals surface area contributed by atoms with Crippen molar-refractivity contribution < 1.29 is 9.53 Å². The second-order valence-corrected chi connectivity index (χ2v) is 3.17. The molecule has 1 N–H and O–H groups in total. The van der Waals surface area contributed by atoms with E-state index in [1.54, 1.807) is 19.3 Å². The van der Waals surface area contributed by atoms with Gasteiger partial charge in [-0.3, -0.25) is 9.78 Å². The zero-order chi connectivity index (χ0) is 11.1. The van der Waals surface area contributed by atoms with E-state index in [-0.39, 0.29) is 5.91 Å². The summed E-state index contributed by atoms with van der Waals surface area (Å²) in [5.74, 6) is -0.0892. The minimum absolute atomic E-state index is 0.0892. The monoisotopic (exact) mass is 208 g/mol. The summed E-state index contributed by atoms with van der Waals surface area (Å²) in [6.07, 6.45) is 3.01. The molecule has 0 aliphatic rings. The van der Waals surface area contributed by atoms with Crippen LogP contribution in [0.15, 0.2) is 24.5 Å². The van der Waals surface area contributed by atoms with Gasteiger partial charge in [-0.15, -0.1) is 0 Å². The molecule has 1 aromatic rings. The first-order valence-corrected chi connectivity index (χ1v) is 5.02. The lowest BCUT2D eigenvalue weighted by Gasteiger charge is -2.11. The average Bonchev–Trinajstić information content (AvgIpc) is 2.27. The van der Waals surface area contributed by atoms with E-state index in [1.165, 1.54) is 0 Å². The van der Waals surface area contributed by atoms with E-state index in [0.717, 1.165) is 5.56 Å². The number of nitrogens with zero attached hydrogens (tertiary/aromatic N) is 1. The number of ether oxygens (including phenoxy) is 1. The lowest BCUT2D eigenvalue weighted by molar-refractivity contribution is -0.131. The topological polar surface area (TPSA) is 51.2 Å². The van der Waals surface area contributed by atoms with Gasteiger partial charge < -0.3 is 10.1 Å². The lowest BCUT2D eigenvalue weighted by atomic mass is 10.2. The smallest absolute Gasteiger partial charge is 0.249 e. The number of carbonyl (C=O) groups excluding carboxylic acids is 1. The minimum Gasteiger partial charge on any atom is -0.369 e. The molecule has 0 aliphatic heterocycles. The molecular weight excluding hydrogens is 192 g/mol. The normalized spacial score (nSPS) is 12.1. The van der Waals surface area contributed by atoms with Gasteiger partial charge in [0.05, 0.1) is 0 Å². The van der Waals surface area contributed by atoms with Gasteiger partial charge in [-0.25, -0.2) is 0 Å². The molecule has 4 heteroatoms. The molecule has 0 saturated heterocycles. The number of carbonyl (C=O) groups is 1. The fraction of sp³-hybridized carbons (Fsp3) is 0.455. The molecule has 0 spiro atoms. The SMILES string of the molecule is CCO[C@H](C)C(=O)NCc1ccncc1. The van der Waals surface area contributed by atoms with Gasteiger partial charge in [0.1, 0.15) is 6.10 Å². The largest absolute Gasteiger partial charge is 0.369 e. The predicted octanol–water partition coefficient (Wildman–Crippen LogP) is 1.12. The zero-order valence-corrected chi connectivity index (χ0v) is 9.06. The Bertz CT molecular complexity index is 301. The first kappa shape index (κ1) is 11.7. The highest BCUT2D eigenvalue weighted by atomic mass is 16.5. The van der Waals surface area contributed by atoms with E-state index in [1.807, 2.05) is 19.1 Å². The Kier molecular flexibility index (Phi) is 4.77. The van der Waals surface area contributed by atoms with Crippen molar-refractivity contribution in [3.63, 3.8) is 0 Å². The van der Waals surface area contributed by atoms with Gasteiger partial charge in [0.15, 0.2) is 0 Å². The van der Waals surface area contributed by atoms with Crippen molar-refractivity contribution in [3.8, 4) is 0 Å². The van der Waals surface area contributed by atoms with Crippen molar-refractivity contribution in [3.05, 3.63) is 30.1 Å². The molecule has 1 rings (SSSR count). The molecule has 0 unspecified atom stereocenters. The van der Waals surface area contributed by atoms with Crippen LogP contribution in [-0.4, -0.2) is 23.6 Å². The molecule has 4 nitrogen and oxygen atoms in total. The van der Waals surface area contributed by atoms with Crippen LogP contribution in [0.1, 0.15) is 19.4 Å².